The molecule has 0 bridgehead atoms. The zero-order valence-electron chi connectivity index (χ0n) is 19.8. The van der Waals surface area contributed by atoms with Crippen molar-refractivity contribution < 1.29 is 27.1 Å². The van der Waals surface area contributed by atoms with Crippen molar-refractivity contribution in [1.29, 1.82) is 0 Å². The van der Waals surface area contributed by atoms with Crippen LogP contribution in [-0.2, 0) is 17.3 Å². The standard InChI is InChI=1S/C24H24F4N6O2/c1-12-8-18-21(30-11-33(18)17-5-4-15(9-16(12)17)24(26,27)28)14(3)31-22-29-7-6-20(32-22)34-19(13(2)25)10-36-23(34)35/h4-7,9,11-14,19H,8,10H2,1-3H3,(H,29,31,32)/t12?,13?,14?,19-/m1/s1. The molecule has 0 saturated carbocycles. The Labute approximate surface area is 204 Å². The second kappa shape index (κ2) is 8.75. The molecule has 1 fully saturated rings. The average molecular weight is 504 g/mol. The van der Waals surface area contributed by atoms with Gasteiger partial charge in [-0.15, -0.1) is 0 Å². The molecule has 0 spiro atoms. The van der Waals surface area contributed by atoms with Crippen LogP contribution in [-0.4, -0.2) is 44.4 Å². The number of halogens is 4. The Kier molecular flexibility index (Phi) is 5.84. The van der Waals surface area contributed by atoms with Gasteiger partial charge in [-0.3, -0.25) is 4.90 Å². The Bertz CT molecular complexity index is 1310. The first-order valence-electron chi connectivity index (χ1n) is 11.5. The predicted molar refractivity (Wildman–Crippen MR) is 123 cm³/mol. The van der Waals surface area contributed by atoms with Crippen molar-refractivity contribution in [3.63, 3.8) is 0 Å². The molecule has 0 aliphatic carbocycles. The number of hydrogen-bond acceptors (Lipinski definition) is 6. The molecule has 2 aliphatic rings. The van der Waals surface area contributed by atoms with E-state index in [1.165, 1.54) is 36.2 Å². The number of cyclic esters (lactones) is 1. The fraction of sp³-hybridized carbons (Fsp3) is 0.417. The van der Waals surface area contributed by atoms with E-state index in [1.54, 1.807) is 6.33 Å². The number of hydrogen-bond donors (Lipinski definition) is 1. The van der Waals surface area contributed by atoms with E-state index in [2.05, 4.69) is 20.3 Å². The molecule has 2 aliphatic heterocycles. The molecule has 5 rings (SSSR count). The highest BCUT2D eigenvalue weighted by Gasteiger charge is 2.39. The molecule has 190 valence electrons. The summed E-state index contributed by atoms with van der Waals surface area (Å²) in [4.78, 5) is 26.5. The lowest BCUT2D eigenvalue weighted by Gasteiger charge is -2.27. The van der Waals surface area contributed by atoms with Gasteiger partial charge in [0.15, 0.2) is 0 Å². The SMILES string of the molecule is CC1Cc2c(C(C)Nc3nccc(N4C(=O)OC[C@@H]4C(C)F)n3)ncn2-c2ccc(C(F)(F)F)cc21. The third-order valence-corrected chi connectivity index (χ3v) is 6.62. The van der Waals surface area contributed by atoms with Crippen LogP contribution in [0.1, 0.15) is 55.2 Å². The summed E-state index contributed by atoms with van der Waals surface area (Å²) in [5, 5.41) is 3.17. The summed E-state index contributed by atoms with van der Waals surface area (Å²) in [6, 6.07) is 4.13. The van der Waals surface area contributed by atoms with Crippen LogP contribution in [0.3, 0.4) is 0 Å². The van der Waals surface area contributed by atoms with Crippen LogP contribution in [0.25, 0.3) is 5.69 Å². The molecule has 12 heteroatoms. The normalized spacial score (nSPS) is 21.0. The maximum Gasteiger partial charge on any atom is 0.416 e. The van der Waals surface area contributed by atoms with Gasteiger partial charge in [-0.25, -0.2) is 19.2 Å². The Morgan fingerprint density at radius 2 is 1.97 bits per heavy atom. The number of carbonyl (C=O) groups is 1. The summed E-state index contributed by atoms with van der Waals surface area (Å²) in [6.45, 7) is 5.04. The number of amides is 1. The average Bonchev–Trinajstić information content (AvgIpc) is 3.42. The van der Waals surface area contributed by atoms with E-state index >= 15 is 0 Å². The molecule has 4 heterocycles. The molecule has 3 aromatic rings. The van der Waals surface area contributed by atoms with Crippen LogP contribution in [0.5, 0.6) is 0 Å². The van der Waals surface area contributed by atoms with Gasteiger partial charge in [0.2, 0.25) is 5.95 Å². The van der Waals surface area contributed by atoms with Crippen LogP contribution >= 0.6 is 0 Å². The highest BCUT2D eigenvalue weighted by atomic mass is 19.4. The van der Waals surface area contributed by atoms with E-state index in [1.807, 2.05) is 18.4 Å². The van der Waals surface area contributed by atoms with Gasteiger partial charge in [-0.2, -0.15) is 18.2 Å². The summed E-state index contributed by atoms with van der Waals surface area (Å²) >= 11 is 0. The molecular formula is C24H24F4N6O2. The second-order valence-electron chi connectivity index (χ2n) is 9.12. The van der Waals surface area contributed by atoms with E-state index in [4.69, 9.17) is 4.74 Å². The minimum absolute atomic E-state index is 0.0649. The number of nitrogens with zero attached hydrogens (tertiary/aromatic N) is 5. The van der Waals surface area contributed by atoms with Gasteiger partial charge in [0.1, 0.15) is 24.6 Å². The lowest BCUT2D eigenvalue weighted by Crippen LogP contribution is -2.39. The molecule has 1 aromatic carbocycles. The number of anilines is 2. The Balaban J connectivity index is 1.41. The summed E-state index contributed by atoms with van der Waals surface area (Å²) in [5.74, 6) is 0.287. The lowest BCUT2D eigenvalue weighted by atomic mass is 9.88. The van der Waals surface area contributed by atoms with Crippen molar-refractivity contribution in [1.82, 2.24) is 19.5 Å². The Morgan fingerprint density at radius 1 is 1.19 bits per heavy atom. The van der Waals surface area contributed by atoms with Crippen LogP contribution in [0.2, 0.25) is 0 Å². The van der Waals surface area contributed by atoms with Crippen molar-refractivity contribution >= 4 is 17.9 Å². The van der Waals surface area contributed by atoms with Gasteiger partial charge in [0.25, 0.3) is 0 Å². The van der Waals surface area contributed by atoms with Gasteiger partial charge >= 0.3 is 12.3 Å². The van der Waals surface area contributed by atoms with E-state index in [-0.39, 0.29) is 30.3 Å². The zero-order chi connectivity index (χ0) is 25.8. The molecule has 36 heavy (non-hydrogen) atoms. The number of benzene rings is 1. The van der Waals surface area contributed by atoms with E-state index in [0.717, 1.165) is 11.8 Å². The molecule has 0 radical (unpaired) electrons. The lowest BCUT2D eigenvalue weighted by molar-refractivity contribution is -0.137. The quantitative estimate of drug-likeness (QED) is 0.481. The first-order chi connectivity index (χ1) is 17.0. The largest absolute Gasteiger partial charge is 0.447 e. The van der Waals surface area contributed by atoms with Crippen LogP contribution < -0.4 is 10.2 Å². The molecule has 1 N–H and O–H groups in total. The van der Waals surface area contributed by atoms with Gasteiger partial charge in [-0.05, 0) is 56.0 Å². The third kappa shape index (κ3) is 4.14. The Hall–Kier alpha value is -3.70. The second-order valence-corrected chi connectivity index (χ2v) is 9.12. The molecule has 8 nitrogen and oxygen atoms in total. The minimum Gasteiger partial charge on any atom is -0.447 e. The smallest absolute Gasteiger partial charge is 0.416 e. The predicted octanol–water partition coefficient (Wildman–Crippen LogP) is 5.20. The van der Waals surface area contributed by atoms with Crippen LogP contribution in [0, 0.1) is 0 Å². The summed E-state index contributed by atoms with van der Waals surface area (Å²) in [6.07, 6.45) is -2.82. The van der Waals surface area contributed by atoms with Gasteiger partial charge in [-0.1, -0.05) is 6.92 Å². The first kappa shape index (κ1) is 24.0. The van der Waals surface area contributed by atoms with Gasteiger partial charge in [0, 0.05) is 11.9 Å². The van der Waals surface area contributed by atoms with E-state index in [0.29, 0.717) is 23.4 Å². The summed E-state index contributed by atoms with van der Waals surface area (Å²) in [5.41, 5.74) is 2.19. The van der Waals surface area contributed by atoms with Crippen LogP contribution in [0.4, 0.5) is 34.1 Å². The molecule has 4 atom stereocenters. The van der Waals surface area contributed by atoms with Crippen molar-refractivity contribution in [2.24, 2.45) is 0 Å². The summed E-state index contributed by atoms with van der Waals surface area (Å²) in [7, 11) is 0. The maximum atomic E-state index is 14.0. The molecule has 2 aromatic heterocycles. The number of alkyl halides is 4. The number of rotatable bonds is 5. The first-order valence-corrected chi connectivity index (χ1v) is 11.5. The minimum atomic E-state index is -4.41. The zero-order valence-corrected chi connectivity index (χ0v) is 19.8. The molecule has 1 saturated heterocycles. The number of fused-ring (bicyclic) bond motifs is 3. The number of imidazole rings is 1. The highest BCUT2D eigenvalue weighted by molar-refractivity contribution is 5.89. The molecule has 3 unspecified atom stereocenters. The van der Waals surface area contributed by atoms with Crippen molar-refractivity contribution in [2.45, 2.75) is 57.5 Å². The fourth-order valence-electron chi connectivity index (χ4n) is 4.76. The molecular weight excluding hydrogens is 480 g/mol. The number of ether oxygens (including phenoxy) is 1. The topological polar surface area (TPSA) is 85.2 Å². The maximum absolute atomic E-state index is 14.0. The van der Waals surface area contributed by atoms with Crippen molar-refractivity contribution in [3.8, 4) is 5.69 Å². The van der Waals surface area contributed by atoms with Crippen molar-refractivity contribution in [3.05, 3.63) is 59.3 Å². The van der Waals surface area contributed by atoms with Crippen LogP contribution in [0.15, 0.2) is 36.8 Å². The number of nitrogens with one attached hydrogen (secondary N) is 1. The highest BCUT2D eigenvalue weighted by Crippen LogP contribution is 2.39. The van der Waals surface area contributed by atoms with Crippen molar-refractivity contribution in [2.75, 3.05) is 16.8 Å². The third-order valence-electron chi connectivity index (χ3n) is 6.62. The summed E-state index contributed by atoms with van der Waals surface area (Å²) < 4.78 is 60.5. The van der Waals surface area contributed by atoms with Gasteiger partial charge in [0.05, 0.1) is 29.3 Å². The fourth-order valence-corrected chi connectivity index (χ4v) is 4.76. The Morgan fingerprint density at radius 3 is 2.69 bits per heavy atom. The van der Waals surface area contributed by atoms with Gasteiger partial charge < -0.3 is 14.6 Å². The number of aromatic nitrogens is 4. The molecule has 1 amide bonds. The monoisotopic (exact) mass is 504 g/mol. The van der Waals surface area contributed by atoms with E-state index < -0.39 is 30.0 Å². The van der Waals surface area contributed by atoms with E-state index in [9.17, 15) is 22.4 Å². The number of carbonyl (C=O) groups excluding carboxylic acids is 1.